The Bertz CT molecular complexity index is 326. The summed E-state index contributed by atoms with van der Waals surface area (Å²) in [6, 6.07) is 1.86. The second-order valence-electron chi connectivity index (χ2n) is 4.81. The maximum Gasteiger partial charge on any atom is 0.123 e. The average Bonchev–Trinajstić information content (AvgIpc) is 2.01. The first kappa shape index (κ1) is 11.0. The molecular weight excluding hydrogens is 174 g/mol. The van der Waals surface area contributed by atoms with Gasteiger partial charge in [-0.25, -0.2) is 4.98 Å². The van der Waals surface area contributed by atoms with Gasteiger partial charge in [-0.2, -0.15) is 0 Å². The van der Waals surface area contributed by atoms with Gasteiger partial charge in [-0.1, -0.05) is 20.8 Å². The Labute approximate surface area is 85.5 Å². The molecule has 1 heterocycles. The zero-order valence-electron chi connectivity index (χ0n) is 9.33. The van der Waals surface area contributed by atoms with Crippen molar-refractivity contribution in [2.75, 3.05) is 5.73 Å². The number of rotatable bonds is 1. The Morgan fingerprint density at radius 2 is 1.93 bits per heavy atom. The van der Waals surface area contributed by atoms with Crippen LogP contribution in [0, 0.1) is 12.3 Å². The molecule has 0 aromatic carbocycles. The summed E-state index contributed by atoms with van der Waals surface area (Å²) in [7, 11) is 0. The average molecular weight is 193 g/mol. The summed E-state index contributed by atoms with van der Waals surface area (Å²) >= 11 is 0. The summed E-state index contributed by atoms with van der Waals surface area (Å²) in [4.78, 5) is 4.07. The third-order valence-electron chi connectivity index (χ3n) is 2.44. The Morgan fingerprint density at radius 3 is 2.36 bits per heavy atom. The number of pyridine rings is 1. The van der Waals surface area contributed by atoms with Gasteiger partial charge in [0, 0.05) is 12.2 Å². The number of nitrogens with two attached hydrogens (primary N) is 2. The lowest BCUT2D eigenvalue weighted by Gasteiger charge is -2.28. The fourth-order valence-electron chi connectivity index (χ4n) is 1.38. The molecule has 1 atom stereocenters. The third-order valence-corrected chi connectivity index (χ3v) is 2.44. The van der Waals surface area contributed by atoms with Crippen molar-refractivity contribution in [1.82, 2.24) is 4.98 Å². The first-order valence-corrected chi connectivity index (χ1v) is 4.80. The largest absolute Gasteiger partial charge is 0.384 e. The standard InChI is InChI=1S/C11H19N3/c1-7-5-9(12)14-6-8(7)10(13)11(2,3)4/h5-6,10H,13H2,1-4H3,(H2,12,14)/t10-/m0/s1. The Balaban J connectivity index is 3.08. The molecule has 14 heavy (non-hydrogen) atoms. The minimum Gasteiger partial charge on any atom is -0.384 e. The summed E-state index contributed by atoms with van der Waals surface area (Å²) in [6.45, 7) is 8.37. The van der Waals surface area contributed by atoms with Crippen LogP contribution >= 0.6 is 0 Å². The van der Waals surface area contributed by atoms with Crippen molar-refractivity contribution in [3.05, 3.63) is 23.4 Å². The summed E-state index contributed by atoms with van der Waals surface area (Å²) in [5.41, 5.74) is 14.0. The molecule has 0 spiro atoms. The minimum atomic E-state index is -0.00407. The van der Waals surface area contributed by atoms with Crippen LogP contribution in [0.25, 0.3) is 0 Å². The Kier molecular flexibility index (Phi) is 2.81. The first-order chi connectivity index (χ1) is 6.32. The van der Waals surface area contributed by atoms with Gasteiger partial charge in [-0.15, -0.1) is 0 Å². The number of nitrogen functional groups attached to an aromatic ring is 1. The van der Waals surface area contributed by atoms with Gasteiger partial charge in [0.15, 0.2) is 0 Å². The van der Waals surface area contributed by atoms with Gasteiger partial charge in [0.25, 0.3) is 0 Å². The Hall–Kier alpha value is -1.09. The number of aryl methyl sites for hydroxylation is 1. The quantitative estimate of drug-likeness (QED) is 0.717. The van der Waals surface area contributed by atoms with Gasteiger partial charge in [-0.05, 0) is 29.5 Å². The van der Waals surface area contributed by atoms with Crippen molar-refractivity contribution in [3.8, 4) is 0 Å². The molecule has 1 aromatic rings. The SMILES string of the molecule is Cc1cc(N)ncc1[C@H](N)C(C)(C)C. The maximum absolute atomic E-state index is 6.14. The van der Waals surface area contributed by atoms with E-state index in [2.05, 4.69) is 25.8 Å². The highest BCUT2D eigenvalue weighted by molar-refractivity contribution is 5.38. The number of nitrogens with zero attached hydrogens (tertiary/aromatic N) is 1. The van der Waals surface area contributed by atoms with E-state index in [4.69, 9.17) is 11.5 Å². The minimum absolute atomic E-state index is 0.00407. The predicted octanol–water partition coefficient (Wildman–Crippen LogP) is 2.02. The molecule has 0 aliphatic carbocycles. The van der Waals surface area contributed by atoms with Gasteiger partial charge in [-0.3, -0.25) is 0 Å². The molecule has 78 valence electrons. The molecule has 0 amide bonds. The lowest BCUT2D eigenvalue weighted by atomic mass is 9.82. The van der Waals surface area contributed by atoms with Gasteiger partial charge in [0.2, 0.25) is 0 Å². The molecule has 1 aromatic heterocycles. The van der Waals surface area contributed by atoms with E-state index in [1.165, 1.54) is 0 Å². The Morgan fingerprint density at radius 1 is 1.36 bits per heavy atom. The normalized spacial score (nSPS) is 14.1. The second kappa shape index (κ2) is 3.58. The lowest BCUT2D eigenvalue weighted by molar-refractivity contribution is 0.325. The van der Waals surface area contributed by atoms with Gasteiger partial charge in [0.05, 0.1) is 0 Å². The fourth-order valence-corrected chi connectivity index (χ4v) is 1.38. The molecule has 4 N–H and O–H groups in total. The fraction of sp³-hybridized carbons (Fsp3) is 0.545. The first-order valence-electron chi connectivity index (χ1n) is 4.80. The number of hydrogen-bond donors (Lipinski definition) is 2. The van der Waals surface area contributed by atoms with Crippen LogP contribution in [0.5, 0.6) is 0 Å². The highest BCUT2D eigenvalue weighted by atomic mass is 14.8. The van der Waals surface area contributed by atoms with Crippen LogP contribution in [0.3, 0.4) is 0 Å². The zero-order chi connectivity index (χ0) is 10.9. The number of aromatic nitrogens is 1. The monoisotopic (exact) mass is 193 g/mol. The highest BCUT2D eigenvalue weighted by Crippen LogP contribution is 2.31. The molecule has 0 saturated carbocycles. The summed E-state index contributed by atoms with van der Waals surface area (Å²) in [6.07, 6.45) is 1.78. The van der Waals surface area contributed by atoms with Gasteiger partial charge >= 0.3 is 0 Å². The predicted molar refractivity (Wildman–Crippen MR) is 59.8 cm³/mol. The molecule has 3 nitrogen and oxygen atoms in total. The summed E-state index contributed by atoms with van der Waals surface area (Å²) in [5, 5.41) is 0. The van der Waals surface area contributed by atoms with Crippen molar-refractivity contribution < 1.29 is 0 Å². The van der Waals surface area contributed by atoms with Crippen LogP contribution in [0.1, 0.15) is 37.9 Å². The van der Waals surface area contributed by atoms with E-state index >= 15 is 0 Å². The van der Waals surface area contributed by atoms with E-state index in [1.807, 2.05) is 13.0 Å². The number of hydrogen-bond acceptors (Lipinski definition) is 3. The van der Waals surface area contributed by atoms with Crippen molar-refractivity contribution in [2.24, 2.45) is 11.1 Å². The van der Waals surface area contributed by atoms with E-state index < -0.39 is 0 Å². The van der Waals surface area contributed by atoms with Crippen molar-refractivity contribution in [1.29, 1.82) is 0 Å². The van der Waals surface area contributed by atoms with E-state index in [0.29, 0.717) is 5.82 Å². The van der Waals surface area contributed by atoms with Crippen molar-refractivity contribution in [2.45, 2.75) is 33.7 Å². The van der Waals surface area contributed by atoms with Crippen LogP contribution in [0.2, 0.25) is 0 Å². The topological polar surface area (TPSA) is 64.9 Å². The van der Waals surface area contributed by atoms with Crippen LogP contribution in [-0.2, 0) is 0 Å². The molecule has 1 rings (SSSR count). The van der Waals surface area contributed by atoms with E-state index in [1.54, 1.807) is 6.20 Å². The van der Waals surface area contributed by atoms with E-state index in [9.17, 15) is 0 Å². The smallest absolute Gasteiger partial charge is 0.123 e. The van der Waals surface area contributed by atoms with Crippen LogP contribution in [0.15, 0.2) is 12.3 Å². The van der Waals surface area contributed by atoms with Crippen molar-refractivity contribution >= 4 is 5.82 Å². The molecule has 0 aliphatic heterocycles. The summed E-state index contributed by atoms with van der Waals surface area (Å²) in [5.74, 6) is 0.548. The zero-order valence-corrected chi connectivity index (χ0v) is 9.33. The highest BCUT2D eigenvalue weighted by Gasteiger charge is 2.23. The second-order valence-corrected chi connectivity index (χ2v) is 4.81. The summed E-state index contributed by atoms with van der Waals surface area (Å²) < 4.78 is 0. The van der Waals surface area contributed by atoms with E-state index in [0.717, 1.165) is 11.1 Å². The molecule has 0 bridgehead atoms. The maximum atomic E-state index is 6.14. The van der Waals surface area contributed by atoms with Gasteiger partial charge < -0.3 is 11.5 Å². The third kappa shape index (κ3) is 2.23. The van der Waals surface area contributed by atoms with Crippen molar-refractivity contribution in [3.63, 3.8) is 0 Å². The van der Waals surface area contributed by atoms with Crippen LogP contribution < -0.4 is 11.5 Å². The lowest BCUT2D eigenvalue weighted by Crippen LogP contribution is -2.27. The number of anilines is 1. The molecule has 3 heteroatoms. The van der Waals surface area contributed by atoms with Crippen LogP contribution in [0.4, 0.5) is 5.82 Å². The molecule has 0 radical (unpaired) electrons. The molecule has 0 saturated heterocycles. The molecule has 0 unspecified atom stereocenters. The van der Waals surface area contributed by atoms with Gasteiger partial charge in [0.1, 0.15) is 5.82 Å². The molecule has 0 aliphatic rings. The van der Waals surface area contributed by atoms with E-state index in [-0.39, 0.29) is 11.5 Å². The molecular formula is C11H19N3. The molecule has 0 fully saturated rings. The van der Waals surface area contributed by atoms with Crippen LogP contribution in [-0.4, -0.2) is 4.98 Å².